The number of rotatable bonds is 2. The van der Waals surface area contributed by atoms with Crippen molar-refractivity contribution in [3.05, 3.63) is 20.3 Å². The van der Waals surface area contributed by atoms with Crippen molar-refractivity contribution in [3.63, 3.8) is 0 Å². The molecule has 1 heterocycles. The third kappa shape index (κ3) is 3.77. The molecule has 0 bridgehead atoms. The van der Waals surface area contributed by atoms with Gasteiger partial charge in [-0.2, -0.15) is 0 Å². The van der Waals surface area contributed by atoms with Gasteiger partial charge in [-0.1, -0.05) is 11.8 Å². The van der Waals surface area contributed by atoms with E-state index in [0.29, 0.717) is 9.35 Å². The maximum absolute atomic E-state index is 11.3. The van der Waals surface area contributed by atoms with Crippen molar-refractivity contribution in [2.45, 2.75) is 19.4 Å². The summed E-state index contributed by atoms with van der Waals surface area (Å²) in [6, 6.07) is 1.77. The molecule has 0 aliphatic heterocycles. The smallest absolute Gasteiger partial charge is 0.366 e. The van der Waals surface area contributed by atoms with Crippen LogP contribution in [-0.2, 0) is 9.16 Å². The van der Waals surface area contributed by atoms with E-state index in [1.807, 2.05) is 13.8 Å². The predicted molar refractivity (Wildman–Crippen MR) is 71.4 cm³/mol. The number of methoxy groups -OCH3 is 1. The van der Waals surface area contributed by atoms with E-state index in [4.69, 9.17) is 4.74 Å². The molecule has 0 unspecified atom stereocenters. The van der Waals surface area contributed by atoms with Crippen LogP contribution in [0.15, 0.2) is 10.5 Å². The Bertz CT molecular complexity index is 506. The van der Waals surface area contributed by atoms with Gasteiger partial charge in [0.15, 0.2) is 11.7 Å². The van der Waals surface area contributed by atoms with Crippen LogP contribution >= 0.6 is 27.3 Å². The van der Waals surface area contributed by atoms with E-state index in [-0.39, 0.29) is 0 Å². The van der Waals surface area contributed by atoms with Gasteiger partial charge in [0.05, 0.1) is 14.1 Å². The van der Waals surface area contributed by atoms with Gasteiger partial charge < -0.3 is 4.74 Å². The van der Waals surface area contributed by atoms with Gasteiger partial charge in [-0.15, -0.1) is 11.3 Å². The number of thiophene rings is 1. The molecule has 1 aromatic rings. The fourth-order valence-corrected chi connectivity index (χ4v) is 2.48. The number of halogens is 1. The molecular formula is C12H12BrO3S+. The van der Waals surface area contributed by atoms with Crippen molar-refractivity contribution >= 4 is 40.0 Å². The molecule has 17 heavy (non-hydrogen) atoms. The Morgan fingerprint density at radius 2 is 2.29 bits per heavy atom. The zero-order valence-corrected chi connectivity index (χ0v) is 12.2. The van der Waals surface area contributed by atoms with Crippen molar-refractivity contribution in [2.24, 2.45) is 0 Å². The summed E-state index contributed by atoms with van der Waals surface area (Å²) in [5, 5.41) is 0. The van der Waals surface area contributed by atoms with E-state index in [2.05, 4.69) is 39.0 Å². The zero-order valence-electron chi connectivity index (χ0n) is 9.80. The quantitative estimate of drug-likeness (QED) is 0.621. The number of hydrogen-bond acceptors (Lipinski definition) is 3. The van der Waals surface area contributed by atoms with Crippen LogP contribution in [0.25, 0.3) is 0 Å². The molecule has 0 fully saturated rings. The summed E-state index contributed by atoms with van der Waals surface area (Å²) in [6.45, 7) is 6.83. The van der Waals surface area contributed by atoms with E-state index in [9.17, 15) is 4.79 Å². The van der Waals surface area contributed by atoms with Gasteiger partial charge in [0.1, 0.15) is 5.60 Å². The first kappa shape index (κ1) is 14.1. The molecule has 1 rings (SSSR count). The number of carbonyl (C=O) groups is 1. The van der Waals surface area contributed by atoms with Gasteiger partial charge in [-0.3, -0.25) is 4.42 Å². The molecule has 0 spiro atoms. The highest BCUT2D eigenvalue weighted by Crippen LogP contribution is 2.27. The minimum absolute atomic E-state index is 0.458. The van der Waals surface area contributed by atoms with Crippen LogP contribution < -0.4 is 0 Å². The lowest BCUT2D eigenvalue weighted by atomic mass is 10.1. The van der Waals surface area contributed by atoms with Gasteiger partial charge >= 0.3 is 5.97 Å². The summed E-state index contributed by atoms with van der Waals surface area (Å²) < 4.78 is 10.3. The Kier molecular flexibility index (Phi) is 4.63. The Labute approximate surface area is 113 Å². The predicted octanol–water partition coefficient (Wildman–Crippen LogP) is 2.79. The molecule has 1 aromatic heterocycles. The Morgan fingerprint density at radius 3 is 2.82 bits per heavy atom. The first-order valence-corrected chi connectivity index (χ1v) is 6.34. The van der Waals surface area contributed by atoms with Crippen LogP contribution in [0.5, 0.6) is 0 Å². The van der Waals surface area contributed by atoms with Crippen molar-refractivity contribution in [1.82, 2.24) is 0 Å². The van der Waals surface area contributed by atoms with E-state index < -0.39 is 11.6 Å². The second-order valence-electron chi connectivity index (χ2n) is 3.68. The molecule has 0 aromatic carbocycles. The van der Waals surface area contributed by atoms with Crippen LogP contribution in [-0.4, -0.2) is 25.5 Å². The average Bonchev–Trinajstić information content (AvgIpc) is 2.67. The van der Waals surface area contributed by atoms with Gasteiger partial charge in [-0.05, 0) is 35.8 Å². The lowest BCUT2D eigenvalue weighted by Gasteiger charge is -2.13. The van der Waals surface area contributed by atoms with Crippen LogP contribution in [0.2, 0.25) is 0 Å². The molecule has 0 aliphatic rings. The first-order valence-electron chi connectivity index (χ1n) is 4.73. The fraction of sp³-hybridized carbons (Fsp3) is 0.333. The first-order chi connectivity index (χ1) is 7.89. The minimum Gasteiger partial charge on any atom is -0.366 e. The summed E-state index contributed by atoms with van der Waals surface area (Å²) in [7, 11) is 1.60. The van der Waals surface area contributed by atoms with Crippen LogP contribution in [0, 0.1) is 11.8 Å². The third-order valence-electron chi connectivity index (χ3n) is 2.00. The maximum Gasteiger partial charge on any atom is 0.623 e. The molecule has 0 atom stereocenters. The molecule has 0 aliphatic carbocycles. The van der Waals surface area contributed by atoms with Gasteiger partial charge in [0, 0.05) is 7.11 Å². The molecule has 0 saturated carbocycles. The number of carbonyl (C=O) groups excluding carboxylic acids is 2. The van der Waals surface area contributed by atoms with E-state index in [1.54, 1.807) is 13.2 Å². The van der Waals surface area contributed by atoms with Gasteiger partial charge in [-0.25, -0.2) is 0 Å². The minimum atomic E-state index is -0.510. The standard InChI is InChI=1S/C12H12BrO3S/c1-12(2,16-4)6-5-8-7-9(13)10(17-8)11(14)15-3/h7H,3H2,1-2,4H3/q+1. The molecule has 3 nitrogen and oxygen atoms in total. The molecule has 90 valence electrons. The summed E-state index contributed by atoms with van der Waals surface area (Å²) in [4.78, 5) is 12.6. The monoisotopic (exact) mass is 315 g/mol. The largest absolute Gasteiger partial charge is 0.623 e. The van der Waals surface area contributed by atoms with E-state index in [0.717, 1.165) is 4.88 Å². The SMILES string of the molecule is C=[O+]C(=O)c1sc(C#CC(C)(C)OC)cc1Br. The molecular weight excluding hydrogens is 304 g/mol. The fourth-order valence-electron chi connectivity index (χ4n) is 0.898. The normalized spacial score (nSPS) is 10.6. The summed E-state index contributed by atoms with van der Waals surface area (Å²) in [6.07, 6.45) is 0. The average molecular weight is 316 g/mol. The maximum atomic E-state index is 11.3. The number of ether oxygens (including phenoxy) is 1. The topological polar surface area (TPSA) is 37.6 Å². The van der Waals surface area contributed by atoms with Crippen molar-refractivity contribution in [1.29, 1.82) is 0 Å². The second kappa shape index (κ2) is 5.58. The summed E-state index contributed by atoms with van der Waals surface area (Å²) in [5.41, 5.74) is -0.510. The highest BCUT2D eigenvalue weighted by Gasteiger charge is 2.23. The highest BCUT2D eigenvalue weighted by molar-refractivity contribution is 9.10. The third-order valence-corrected chi connectivity index (χ3v) is 3.92. The molecule has 0 radical (unpaired) electrons. The second-order valence-corrected chi connectivity index (χ2v) is 5.59. The summed E-state index contributed by atoms with van der Waals surface area (Å²) >= 11 is 4.53. The Balaban J connectivity index is 3.03. The number of hydrogen-bond donors (Lipinski definition) is 0. The molecule has 0 amide bonds. The van der Waals surface area contributed by atoms with Crippen molar-refractivity contribution < 1.29 is 14.0 Å². The molecule has 0 N–H and O–H groups in total. The zero-order chi connectivity index (χ0) is 13.1. The lowest BCUT2D eigenvalue weighted by Crippen LogP contribution is -2.19. The van der Waals surface area contributed by atoms with Crippen LogP contribution in [0.3, 0.4) is 0 Å². The lowest BCUT2D eigenvalue weighted by molar-refractivity contribution is -0.333. The highest BCUT2D eigenvalue weighted by atomic mass is 79.9. The molecule has 5 heteroatoms. The summed E-state index contributed by atoms with van der Waals surface area (Å²) in [5.74, 6) is 5.46. The van der Waals surface area contributed by atoms with Crippen LogP contribution in [0.4, 0.5) is 0 Å². The van der Waals surface area contributed by atoms with E-state index in [1.165, 1.54) is 11.3 Å². The van der Waals surface area contributed by atoms with E-state index >= 15 is 0 Å². The Morgan fingerprint density at radius 1 is 1.65 bits per heavy atom. The van der Waals surface area contributed by atoms with Gasteiger partial charge in [0.2, 0.25) is 0 Å². The van der Waals surface area contributed by atoms with Gasteiger partial charge in [0.25, 0.3) is 0 Å². The van der Waals surface area contributed by atoms with Crippen LogP contribution in [0.1, 0.15) is 28.4 Å². The Hall–Kier alpha value is -0.960. The van der Waals surface area contributed by atoms with Crippen molar-refractivity contribution in [3.8, 4) is 11.8 Å². The molecule has 0 saturated heterocycles. The van der Waals surface area contributed by atoms with Crippen molar-refractivity contribution in [2.75, 3.05) is 7.11 Å².